The minimum Gasteiger partial charge on any atom is -0.453 e. The number of hydrogen-bond acceptors (Lipinski definition) is 7. The summed E-state index contributed by atoms with van der Waals surface area (Å²) in [5.74, 6) is 0. The van der Waals surface area contributed by atoms with Crippen molar-refractivity contribution in [3.05, 3.63) is 64.8 Å². The number of halogens is 4. The summed E-state index contributed by atoms with van der Waals surface area (Å²) in [4.78, 5) is 16.2. The van der Waals surface area contributed by atoms with Crippen LogP contribution in [0.15, 0.2) is 48.7 Å². The highest BCUT2D eigenvalue weighted by Crippen LogP contribution is 2.35. The number of nitrogens with zero attached hydrogens (tertiary/aromatic N) is 5. The molecule has 0 saturated carbocycles. The van der Waals surface area contributed by atoms with Gasteiger partial charge in [-0.1, -0.05) is 50.6 Å². The molecule has 10 nitrogen and oxygen atoms in total. The Morgan fingerprint density at radius 1 is 1.06 bits per heavy atom. The van der Waals surface area contributed by atoms with Gasteiger partial charge in [-0.25, -0.2) is 17.5 Å². The lowest BCUT2D eigenvalue weighted by atomic mass is 10.1. The molecule has 0 radical (unpaired) electrons. The number of piperazine rings is 1. The summed E-state index contributed by atoms with van der Waals surface area (Å²) in [5, 5.41) is 7.90. The highest BCUT2D eigenvalue weighted by Gasteiger charge is 2.30. The van der Waals surface area contributed by atoms with Gasteiger partial charge in [0.25, 0.3) is 0 Å². The predicted octanol–water partition coefficient (Wildman–Crippen LogP) is 6.85. The van der Waals surface area contributed by atoms with Gasteiger partial charge in [0.2, 0.25) is 10.0 Å². The lowest BCUT2D eigenvalue weighted by Crippen LogP contribution is -2.47. The first kappa shape index (κ1) is 39.8. The molecule has 2 heterocycles. The topological polar surface area (TPSA) is 100 Å². The third kappa shape index (κ3) is 12.0. The Balaban J connectivity index is 0.000000672. The number of carbonyl (C=O) groups is 1. The number of benzene rings is 2. The Kier molecular flexibility index (Phi) is 15.5. The molecule has 47 heavy (non-hydrogen) atoms. The molecule has 1 saturated heterocycles. The first-order valence-corrected chi connectivity index (χ1v) is 17.6. The normalized spacial score (nSPS) is 13.7. The molecule has 15 heteroatoms. The third-order valence-corrected chi connectivity index (χ3v) is 9.10. The highest BCUT2D eigenvalue weighted by molar-refractivity contribution is 7.88. The molecule has 3 aromatic rings. The number of sulfonamides is 1. The van der Waals surface area contributed by atoms with Crippen LogP contribution in [0.4, 0.5) is 29.3 Å². The number of carbonyl (C=O) groups excluding carboxylic acids is 1. The second-order valence-electron chi connectivity index (χ2n) is 10.6. The lowest BCUT2D eigenvalue weighted by molar-refractivity contribution is -0.137. The highest BCUT2D eigenvalue weighted by atomic mass is 35.5. The van der Waals surface area contributed by atoms with Crippen LogP contribution in [0, 0.1) is 6.92 Å². The molecule has 1 N–H and O–H groups in total. The van der Waals surface area contributed by atoms with E-state index in [-0.39, 0.29) is 0 Å². The van der Waals surface area contributed by atoms with Gasteiger partial charge in [-0.3, -0.25) is 14.9 Å². The molecule has 2 aromatic carbocycles. The Labute approximate surface area is 281 Å². The number of aryl methyl sites for hydroxylation is 2. The van der Waals surface area contributed by atoms with Gasteiger partial charge in [0.15, 0.2) is 0 Å². The quantitative estimate of drug-likeness (QED) is 0.261. The first-order valence-electron chi connectivity index (χ1n) is 15.4. The van der Waals surface area contributed by atoms with Crippen LogP contribution in [0.25, 0.3) is 11.3 Å². The Hall–Kier alpha value is -3.33. The van der Waals surface area contributed by atoms with Crippen molar-refractivity contribution < 1.29 is 31.1 Å². The van der Waals surface area contributed by atoms with Crippen molar-refractivity contribution in [1.82, 2.24) is 19.0 Å². The summed E-state index contributed by atoms with van der Waals surface area (Å²) in [7, 11) is -0.0507. The molecule has 1 aliphatic heterocycles. The molecule has 1 amide bonds. The van der Waals surface area contributed by atoms with Crippen molar-refractivity contribution in [3.63, 3.8) is 0 Å². The van der Waals surface area contributed by atoms with Crippen LogP contribution in [0.5, 0.6) is 0 Å². The van der Waals surface area contributed by atoms with E-state index in [1.165, 1.54) is 29.8 Å². The molecule has 0 spiro atoms. The lowest BCUT2D eigenvalue weighted by Gasteiger charge is -2.37. The van der Waals surface area contributed by atoms with Crippen LogP contribution >= 0.6 is 11.6 Å². The van der Waals surface area contributed by atoms with E-state index in [0.29, 0.717) is 35.1 Å². The number of anilines is 2. The maximum absolute atomic E-state index is 12.8. The fourth-order valence-corrected chi connectivity index (χ4v) is 5.49. The molecule has 0 aliphatic carbocycles. The van der Waals surface area contributed by atoms with E-state index in [0.717, 1.165) is 62.5 Å². The number of aromatic nitrogens is 2. The van der Waals surface area contributed by atoms with Crippen molar-refractivity contribution in [2.75, 3.05) is 69.9 Å². The molecule has 1 aromatic heterocycles. The van der Waals surface area contributed by atoms with Gasteiger partial charge in [-0.05, 0) is 43.2 Å². The van der Waals surface area contributed by atoms with Gasteiger partial charge < -0.3 is 9.64 Å². The second-order valence-corrected chi connectivity index (χ2v) is 13.1. The maximum Gasteiger partial charge on any atom is 0.416 e. The van der Waals surface area contributed by atoms with Crippen LogP contribution in [0.1, 0.15) is 38.3 Å². The summed E-state index contributed by atoms with van der Waals surface area (Å²) >= 11 is 6.46. The smallest absolute Gasteiger partial charge is 0.416 e. The van der Waals surface area contributed by atoms with E-state index in [9.17, 15) is 26.4 Å². The van der Waals surface area contributed by atoms with E-state index in [1.54, 1.807) is 32.2 Å². The van der Waals surface area contributed by atoms with Crippen LogP contribution in [0.2, 0.25) is 5.02 Å². The molecule has 1 aliphatic rings. The number of methoxy groups -OCH3 is 1. The van der Waals surface area contributed by atoms with E-state index >= 15 is 0 Å². The predicted molar refractivity (Wildman–Crippen MR) is 183 cm³/mol. The minimum atomic E-state index is -4.35. The van der Waals surface area contributed by atoms with Crippen LogP contribution in [0.3, 0.4) is 0 Å². The number of rotatable bonds is 9. The SMILES string of the molecule is CC.CCN(C)S(C)(=O)=O.COC(=O)Nc1cccc(Cl)c1N1CCN(CCCn2cc(C)c(-c3ccc(C(F)(F)F)cc3)n2)CC1. The number of para-hydroxylation sites is 1. The average molecular weight is 703 g/mol. The number of ether oxygens (including phenoxy) is 1. The zero-order valence-electron chi connectivity index (χ0n) is 28.1. The van der Waals surface area contributed by atoms with Crippen molar-refractivity contribution in [1.29, 1.82) is 0 Å². The molecule has 1 fully saturated rings. The van der Waals surface area contributed by atoms with Crippen LogP contribution < -0.4 is 10.2 Å². The number of nitrogens with one attached hydrogen (secondary N) is 1. The van der Waals surface area contributed by atoms with Gasteiger partial charge in [-0.2, -0.15) is 18.3 Å². The van der Waals surface area contributed by atoms with Gasteiger partial charge >= 0.3 is 12.3 Å². The first-order chi connectivity index (χ1) is 22.1. The fourth-order valence-electron chi connectivity index (χ4n) is 4.72. The monoisotopic (exact) mass is 702 g/mol. The van der Waals surface area contributed by atoms with Gasteiger partial charge in [0, 0.05) is 64.6 Å². The van der Waals surface area contributed by atoms with Crippen molar-refractivity contribution >= 4 is 39.1 Å². The molecule has 262 valence electrons. The van der Waals surface area contributed by atoms with E-state index in [4.69, 9.17) is 16.3 Å². The summed E-state index contributed by atoms with van der Waals surface area (Å²) in [6, 6.07) is 10.5. The standard InChI is InChI=1S/C26H29ClF3N5O2.C4H11NO2S.C2H6/c1-18-17-35(32-23(18)19-7-9-20(10-8-19)26(28,29)30)12-4-11-33-13-15-34(16-14-33)24-21(27)5-3-6-22(24)31-25(36)37-2;1-4-5(2)8(3,6)7;1-2/h3,5-10,17H,4,11-16H2,1-2H3,(H,31,36);4H2,1-3H3;1-2H3. The zero-order chi connectivity index (χ0) is 35.4. The van der Waals surface area contributed by atoms with E-state index in [1.807, 2.05) is 31.6 Å². The second kappa shape index (κ2) is 18.3. The molecule has 0 unspecified atom stereocenters. The molecule has 0 atom stereocenters. The Bertz CT molecular complexity index is 1530. The number of alkyl halides is 3. The molecular weight excluding hydrogens is 657 g/mol. The van der Waals surface area contributed by atoms with E-state index < -0.39 is 27.9 Å². The summed E-state index contributed by atoms with van der Waals surface area (Å²) in [6.45, 7) is 13.1. The van der Waals surface area contributed by atoms with Crippen molar-refractivity contribution in [3.8, 4) is 11.3 Å². The summed E-state index contributed by atoms with van der Waals surface area (Å²) < 4.78 is 67.4. The van der Waals surface area contributed by atoms with Gasteiger partial charge in [-0.15, -0.1) is 0 Å². The molecule has 4 rings (SSSR count). The zero-order valence-corrected chi connectivity index (χ0v) is 29.6. The minimum absolute atomic E-state index is 0.541. The number of amides is 1. The third-order valence-electron chi connectivity index (χ3n) is 7.40. The van der Waals surface area contributed by atoms with Crippen LogP contribution in [-0.2, 0) is 27.5 Å². The Morgan fingerprint density at radius 2 is 1.68 bits per heavy atom. The fraction of sp³-hybridized carbons (Fsp3) is 0.500. The molecule has 0 bridgehead atoms. The average Bonchev–Trinajstić information content (AvgIpc) is 3.41. The Morgan fingerprint density at radius 3 is 2.19 bits per heavy atom. The van der Waals surface area contributed by atoms with Gasteiger partial charge in [0.05, 0.1) is 41.0 Å². The van der Waals surface area contributed by atoms with Crippen molar-refractivity contribution in [2.45, 2.75) is 46.8 Å². The molecular formula is C32H46ClF3N6O4S. The maximum atomic E-state index is 12.8. The largest absolute Gasteiger partial charge is 0.453 e. The number of hydrogen-bond donors (Lipinski definition) is 1. The van der Waals surface area contributed by atoms with E-state index in [2.05, 4.69) is 20.2 Å². The summed E-state index contributed by atoms with van der Waals surface area (Å²) in [6.07, 6.45) is -0.894. The van der Waals surface area contributed by atoms with Gasteiger partial charge in [0.1, 0.15) is 0 Å². The van der Waals surface area contributed by atoms with Crippen LogP contribution in [-0.4, -0.2) is 93.2 Å². The van der Waals surface area contributed by atoms with Crippen molar-refractivity contribution in [2.24, 2.45) is 0 Å². The summed E-state index contributed by atoms with van der Waals surface area (Å²) in [5.41, 5.74) is 3.02.